The monoisotopic (exact) mass is 290 g/mol. The van der Waals surface area contributed by atoms with Gasteiger partial charge in [-0.25, -0.2) is 15.8 Å². The number of hydrazine groups is 1. The number of hydrogen-bond donors (Lipinski definition) is 4. The second-order valence-corrected chi connectivity index (χ2v) is 4.90. The molecule has 1 amide bonds. The molecule has 0 atom stereocenters. The van der Waals surface area contributed by atoms with Gasteiger partial charge in [-0.1, -0.05) is 23.9 Å². The average Bonchev–Trinajstić information content (AvgIpc) is 2.44. The van der Waals surface area contributed by atoms with Crippen LogP contribution in [0.25, 0.3) is 0 Å². The summed E-state index contributed by atoms with van der Waals surface area (Å²) in [6.45, 7) is 0. The van der Waals surface area contributed by atoms with E-state index >= 15 is 0 Å². The van der Waals surface area contributed by atoms with Gasteiger partial charge in [0.2, 0.25) is 0 Å². The van der Waals surface area contributed by atoms with Gasteiger partial charge in [-0.05, 0) is 17.7 Å². The molecule has 8 heteroatoms. The van der Waals surface area contributed by atoms with Gasteiger partial charge in [0.15, 0.2) is 5.16 Å². The molecule has 1 aromatic carbocycles. The normalized spacial score (nSPS) is 10.2. The molecular formula is C12H14N6OS. The molecule has 0 saturated heterocycles. The van der Waals surface area contributed by atoms with Gasteiger partial charge in [-0.3, -0.25) is 10.2 Å². The van der Waals surface area contributed by atoms with E-state index in [1.807, 2.05) is 12.1 Å². The molecule has 7 nitrogen and oxygen atoms in total. The Morgan fingerprint density at radius 2 is 1.75 bits per heavy atom. The van der Waals surface area contributed by atoms with Crippen LogP contribution in [0, 0.1) is 0 Å². The fraction of sp³-hybridized carbons (Fsp3) is 0.0833. The largest absolute Gasteiger partial charge is 0.383 e. The summed E-state index contributed by atoms with van der Waals surface area (Å²) >= 11 is 1.41. The van der Waals surface area contributed by atoms with Crippen LogP contribution in [-0.4, -0.2) is 15.9 Å². The number of anilines is 2. The van der Waals surface area contributed by atoms with Gasteiger partial charge < -0.3 is 11.5 Å². The zero-order valence-electron chi connectivity index (χ0n) is 10.5. The average molecular weight is 290 g/mol. The van der Waals surface area contributed by atoms with Crippen LogP contribution in [0.2, 0.25) is 0 Å². The van der Waals surface area contributed by atoms with E-state index in [2.05, 4.69) is 15.4 Å². The summed E-state index contributed by atoms with van der Waals surface area (Å²) in [4.78, 5) is 19.4. The van der Waals surface area contributed by atoms with Crippen molar-refractivity contribution in [1.82, 2.24) is 15.4 Å². The fourth-order valence-electron chi connectivity index (χ4n) is 1.51. The third kappa shape index (κ3) is 3.59. The van der Waals surface area contributed by atoms with Gasteiger partial charge in [0.1, 0.15) is 11.6 Å². The Morgan fingerprint density at radius 1 is 1.15 bits per heavy atom. The van der Waals surface area contributed by atoms with E-state index in [4.69, 9.17) is 17.3 Å². The number of amides is 1. The van der Waals surface area contributed by atoms with Gasteiger partial charge in [0, 0.05) is 17.4 Å². The molecule has 0 aliphatic carbocycles. The number of thioether (sulfide) groups is 1. The molecule has 0 aliphatic rings. The lowest BCUT2D eigenvalue weighted by Crippen LogP contribution is -2.29. The number of nitrogen functional groups attached to an aromatic ring is 3. The molecule has 0 fully saturated rings. The lowest BCUT2D eigenvalue weighted by atomic mass is 10.1. The van der Waals surface area contributed by atoms with Gasteiger partial charge in [-0.2, -0.15) is 0 Å². The van der Waals surface area contributed by atoms with E-state index in [0.717, 1.165) is 5.56 Å². The standard InChI is InChI=1S/C12H14N6OS/c13-9-5-10(14)17-12(16-9)20-6-7-1-3-8(4-2-7)11(19)18-15/h1-5H,6,15H2,(H,18,19)(H4,13,14,16,17). The molecule has 20 heavy (non-hydrogen) atoms. The lowest BCUT2D eigenvalue weighted by molar-refractivity contribution is 0.0953. The van der Waals surface area contributed by atoms with Crippen molar-refractivity contribution in [2.24, 2.45) is 5.84 Å². The van der Waals surface area contributed by atoms with Crippen molar-refractivity contribution in [1.29, 1.82) is 0 Å². The maximum absolute atomic E-state index is 11.3. The first-order chi connectivity index (χ1) is 9.58. The first-order valence-electron chi connectivity index (χ1n) is 5.71. The third-order valence-electron chi connectivity index (χ3n) is 2.46. The van der Waals surface area contributed by atoms with E-state index in [0.29, 0.717) is 28.1 Å². The van der Waals surface area contributed by atoms with Crippen LogP contribution in [0.15, 0.2) is 35.5 Å². The van der Waals surface area contributed by atoms with E-state index in [9.17, 15) is 4.79 Å². The lowest BCUT2D eigenvalue weighted by Gasteiger charge is -2.04. The first kappa shape index (κ1) is 14.1. The Hall–Kier alpha value is -2.32. The smallest absolute Gasteiger partial charge is 0.265 e. The number of nitrogens with two attached hydrogens (primary N) is 3. The maximum Gasteiger partial charge on any atom is 0.265 e. The third-order valence-corrected chi connectivity index (χ3v) is 3.38. The minimum Gasteiger partial charge on any atom is -0.383 e. The highest BCUT2D eigenvalue weighted by molar-refractivity contribution is 7.98. The summed E-state index contributed by atoms with van der Waals surface area (Å²) in [5, 5.41) is 0.520. The number of benzene rings is 1. The molecule has 0 saturated carbocycles. The van der Waals surface area contributed by atoms with Crippen molar-refractivity contribution in [3.05, 3.63) is 41.5 Å². The summed E-state index contributed by atoms with van der Waals surface area (Å²) in [5.74, 6) is 6.07. The molecule has 0 unspecified atom stereocenters. The molecule has 1 heterocycles. The van der Waals surface area contributed by atoms with Crippen LogP contribution in [0.1, 0.15) is 15.9 Å². The number of carbonyl (C=O) groups is 1. The zero-order valence-corrected chi connectivity index (χ0v) is 11.4. The van der Waals surface area contributed by atoms with Crippen LogP contribution < -0.4 is 22.7 Å². The van der Waals surface area contributed by atoms with E-state index in [1.54, 1.807) is 12.1 Å². The van der Waals surface area contributed by atoms with Crippen molar-refractivity contribution in [2.75, 3.05) is 11.5 Å². The summed E-state index contributed by atoms with van der Waals surface area (Å²) in [6, 6.07) is 8.59. The van der Waals surface area contributed by atoms with Gasteiger partial charge in [0.25, 0.3) is 5.91 Å². The number of aromatic nitrogens is 2. The van der Waals surface area contributed by atoms with Crippen molar-refractivity contribution in [3.63, 3.8) is 0 Å². The molecule has 104 valence electrons. The van der Waals surface area contributed by atoms with Crippen LogP contribution in [0.3, 0.4) is 0 Å². The molecule has 0 aliphatic heterocycles. The maximum atomic E-state index is 11.3. The number of nitrogens with one attached hydrogen (secondary N) is 1. The van der Waals surface area contributed by atoms with Gasteiger partial charge >= 0.3 is 0 Å². The summed E-state index contributed by atoms with van der Waals surface area (Å²) < 4.78 is 0. The number of carbonyl (C=O) groups excluding carboxylic acids is 1. The van der Waals surface area contributed by atoms with Gasteiger partial charge in [0.05, 0.1) is 0 Å². The topological polar surface area (TPSA) is 133 Å². The molecule has 0 radical (unpaired) electrons. The molecular weight excluding hydrogens is 276 g/mol. The molecule has 2 rings (SSSR count). The Bertz CT molecular complexity index is 596. The predicted octanol–water partition coefficient (Wildman–Crippen LogP) is 0.537. The molecule has 0 bridgehead atoms. The quantitative estimate of drug-likeness (QED) is 0.212. The Kier molecular flexibility index (Phi) is 4.38. The number of rotatable bonds is 4. The van der Waals surface area contributed by atoms with E-state index < -0.39 is 0 Å². The number of hydrogen-bond acceptors (Lipinski definition) is 7. The van der Waals surface area contributed by atoms with Crippen LogP contribution in [0.5, 0.6) is 0 Å². The number of nitrogens with zero attached hydrogens (tertiary/aromatic N) is 2. The molecule has 0 spiro atoms. The highest BCUT2D eigenvalue weighted by Gasteiger charge is 2.05. The second kappa shape index (κ2) is 6.22. The predicted molar refractivity (Wildman–Crippen MR) is 78.5 cm³/mol. The summed E-state index contributed by atoms with van der Waals surface area (Å²) in [7, 11) is 0. The van der Waals surface area contributed by atoms with Crippen LogP contribution in [-0.2, 0) is 5.75 Å². The SMILES string of the molecule is NNC(=O)c1ccc(CSc2nc(N)cc(N)n2)cc1. The molecule has 2 aromatic rings. The Labute approximate surface area is 119 Å². The van der Waals surface area contributed by atoms with Crippen molar-refractivity contribution in [2.45, 2.75) is 10.9 Å². The first-order valence-corrected chi connectivity index (χ1v) is 6.70. The highest BCUT2D eigenvalue weighted by Crippen LogP contribution is 2.21. The van der Waals surface area contributed by atoms with E-state index in [1.165, 1.54) is 17.8 Å². The summed E-state index contributed by atoms with van der Waals surface area (Å²) in [6.07, 6.45) is 0. The second-order valence-electron chi connectivity index (χ2n) is 3.96. The van der Waals surface area contributed by atoms with Crippen LogP contribution >= 0.6 is 11.8 Å². The molecule has 1 aromatic heterocycles. The summed E-state index contributed by atoms with van der Waals surface area (Å²) in [5.41, 5.74) is 14.8. The van der Waals surface area contributed by atoms with Crippen LogP contribution in [0.4, 0.5) is 11.6 Å². The van der Waals surface area contributed by atoms with Crippen molar-refractivity contribution in [3.8, 4) is 0 Å². The fourth-order valence-corrected chi connectivity index (χ4v) is 2.34. The van der Waals surface area contributed by atoms with Crippen molar-refractivity contribution >= 4 is 29.3 Å². The van der Waals surface area contributed by atoms with Crippen molar-refractivity contribution < 1.29 is 4.79 Å². The van der Waals surface area contributed by atoms with Gasteiger partial charge in [-0.15, -0.1) is 0 Å². The Morgan fingerprint density at radius 3 is 2.30 bits per heavy atom. The molecule has 7 N–H and O–H groups in total. The minimum atomic E-state index is -0.323. The minimum absolute atomic E-state index is 0.323. The zero-order chi connectivity index (χ0) is 14.5. The highest BCUT2D eigenvalue weighted by atomic mass is 32.2. The van der Waals surface area contributed by atoms with E-state index in [-0.39, 0.29) is 5.91 Å². The Balaban J connectivity index is 2.02.